The SMILES string of the molecule is C1=COC(C2COCCS2)=C(C2CSCCO2)C=C1. The van der Waals surface area contributed by atoms with E-state index < -0.39 is 0 Å². The van der Waals surface area contributed by atoms with Crippen LogP contribution in [0, 0.1) is 0 Å². The molecule has 2 saturated heterocycles. The van der Waals surface area contributed by atoms with Gasteiger partial charge in [0, 0.05) is 22.8 Å². The first-order valence-electron chi connectivity index (χ1n) is 6.58. The molecule has 3 heterocycles. The molecule has 3 aliphatic rings. The van der Waals surface area contributed by atoms with Gasteiger partial charge in [-0.1, -0.05) is 12.2 Å². The van der Waals surface area contributed by atoms with Gasteiger partial charge in [-0.05, 0) is 6.08 Å². The molecular formula is C14H18O3S2. The molecule has 2 fully saturated rings. The lowest BCUT2D eigenvalue weighted by atomic mass is 10.1. The van der Waals surface area contributed by atoms with E-state index >= 15 is 0 Å². The standard InChI is InChI=1S/C14H18O3S2/c1-2-4-17-14(13-9-15-5-8-19-13)11(3-1)12-10-18-7-6-16-12/h1-4,12-13H,5-10H2. The Bertz CT molecular complexity index is 391. The van der Waals surface area contributed by atoms with Crippen molar-refractivity contribution in [2.45, 2.75) is 11.4 Å². The lowest BCUT2D eigenvalue weighted by Crippen LogP contribution is -2.30. The molecule has 3 nitrogen and oxygen atoms in total. The first kappa shape index (κ1) is 13.6. The zero-order valence-corrected chi connectivity index (χ0v) is 12.4. The molecule has 5 heteroatoms. The van der Waals surface area contributed by atoms with Crippen LogP contribution in [-0.2, 0) is 14.2 Å². The van der Waals surface area contributed by atoms with Crippen LogP contribution in [-0.4, -0.2) is 48.4 Å². The average Bonchev–Trinajstić information content (AvgIpc) is 2.75. The molecule has 3 aliphatic heterocycles. The Labute approximate surface area is 122 Å². The van der Waals surface area contributed by atoms with Crippen molar-refractivity contribution in [3.05, 3.63) is 35.8 Å². The summed E-state index contributed by atoms with van der Waals surface area (Å²) in [5, 5.41) is 0.284. The summed E-state index contributed by atoms with van der Waals surface area (Å²) in [6.07, 6.45) is 7.98. The molecule has 104 valence electrons. The van der Waals surface area contributed by atoms with Crippen molar-refractivity contribution < 1.29 is 14.2 Å². The van der Waals surface area contributed by atoms with Crippen LogP contribution in [0.5, 0.6) is 0 Å². The Morgan fingerprint density at radius 3 is 2.95 bits per heavy atom. The summed E-state index contributed by atoms with van der Waals surface area (Å²) in [5.41, 5.74) is 1.18. The molecule has 19 heavy (non-hydrogen) atoms. The molecule has 0 radical (unpaired) electrons. The van der Waals surface area contributed by atoms with E-state index in [2.05, 4.69) is 6.08 Å². The van der Waals surface area contributed by atoms with Gasteiger partial charge in [0.1, 0.15) is 5.76 Å². The molecule has 0 N–H and O–H groups in total. The third kappa shape index (κ3) is 3.40. The third-order valence-corrected chi connectivity index (χ3v) is 5.36. The number of ether oxygens (including phenoxy) is 3. The molecule has 0 saturated carbocycles. The Balaban J connectivity index is 1.85. The van der Waals surface area contributed by atoms with Gasteiger partial charge in [-0.2, -0.15) is 11.8 Å². The molecule has 0 aromatic rings. The fourth-order valence-corrected chi connectivity index (χ4v) is 4.21. The molecule has 0 aromatic heterocycles. The first-order chi connectivity index (χ1) is 9.45. The van der Waals surface area contributed by atoms with E-state index in [1.165, 1.54) is 5.57 Å². The smallest absolute Gasteiger partial charge is 0.124 e. The zero-order valence-electron chi connectivity index (χ0n) is 10.7. The van der Waals surface area contributed by atoms with Gasteiger partial charge in [-0.3, -0.25) is 0 Å². The Kier molecular flexibility index (Phi) is 4.93. The van der Waals surface area contributed by atoms with E-state index in [4.69, 9.17) is 14.2 Å². The monoisotopic (exact) mass is 298 g/mol. The van der Waals surface area contributed by atoms with Crippen LogP contribution >= 0.6 is 23.5 Å². The summed E-state index contributed by atoms with van der Waals surface area (Å²) in [7, 11) is 0. The molecule has 0 aliphatic carbocycles. The predicted octanol–water partition coefficient (Wildman–Crippen LogP) is 2.60. The van der Waals surface area contributed by atoms with Crippen molar-refractivity contribution in [2.24, 2.45) is 0 Å². The summed E-state index contributed by atoms with van der Waals surface area (Å²) in [6, 6.07) is 0. The molecule has 2 unspecified atom stereocenters. The predicted molar refractivity (Wildman–Crippen MR) is 80.5 cm³/mol. The topological polar surface area (TPSA) is 27.7 Å². The van der Waals surface area contributed by atoms with E-state index in [9.17, 15) is 0 Å². The van der Waals surface area contributed by atoms with Crippen LogP contribution in [0.3, 0.4) is 0 Å². The van der Waals surface area contributed by atoms with E-state index in [1.54, 1.807) is 6.26 Å². The molecule has 0 spiro atoms. The van der Waals surface area contributed by atoms with Gasteiger partial charge < -0.3 is 14.2 Å². The fraction of sp³-hybridized carbons (Fsp3) is 0.571. The number of thioether (sulfide) groups is 2. The average molecular weight is 298 g/mol. The van der Waals surface area contributed by atoms with Crippen LogP contribution in [0.2, 0.25) is 0 Å². The maximum atomic E-state index is 5.91. The van der Waals surface area contributed by atoms with Crippen molar-refractivity contribution >= 4 is 23.5 Å². The lowest BCUT2D eigenvalue weighted by molar-refractivity contribution is 0.0966. The largest absolute Gasteiger partial charge is 0.468 e. The Hall–Kier alpha value is -0.360. The highest BCUT2D eigenvalue weighted by Crippen LogP contribution is 2.32. The van der Waals surface area contributed by atoms with Crippen LogP contribution < -0.4 is 0 Å². The van der Waals surface area contributed by atoms with Crippen molar-refractivity contribution in [2.75, 3.05) is 37.1 Å². The second kappa shape index (κ2) is 6.88. The van der Waals surface area contributed by atoms with Gasteiger partial charge in [0.15, 0.2) is 0 Å². The minimum Gasteiger partial charge on any atom is -0.468 e. The van der Waals surface area contributed by atoms with Gasteiger partial charge in [-0.25, -0.2) is 0 Å². The Morgan fingerprint density at radius 2 is 2.16 bits per heavy atom. The van der Waals surface area contributed by atoms with Gasteiger partial charge in [0.05, 0.1) is 37.4 Å². The van der Waals surface area contributed by atoms with Gasteiger partial charge >= 0.3 is 0 Å². The molecular weight excluding hydrogens is 280 g/mol. The maximum Gasteiger partial charge on any atom is 0.124 e. The number of allylic oxidation sites excluding steroid dienone is 2. The normalized spacial score (nSPS) is 32.0. The molecule has 3 rings (SSSR count). The first-order valence-corrected chi connectivity index (χ1v) is 8.78. The van der Waals surface area contributed by atoms with Crippen molar-refractivity contribution in [3.8, 4) is 0 Å². The third-order valence-electron chi connectivity index (χ3n) is 3.22. The van der Waals surface area contributed by atoms with Crippen molar-refractivity contribution in [1.82, 2.24) is 0 Å². The molecule has 2 atom stereocenters. The fourth-order valence-electron chi connectivity index (χ4n) is 2.30. The van der Waals surface area contributed by atoms with Crippen molar-refractivity contribution in [3.63, 3.8) is 0 Å². The molecule has 0 amide bonds. The maximum absolute atomic E-state index is 5.91. The van der Waals surface area contributed by atoms with E-state index in [1.807, 2.05) is 35.7 Å². The van der Waals surface area contributed by atoms with Crippen molar-refractivity contribution in [1.29, 1.82) is 0 Å². The Morgan fingerprint density at radius 1 is 1.16 bits per heavy atom. The highest BCUT2D eigenvalue weighted by atomic mass is 32.2. The van der Waals surface area contributed by atoms with Gasteiger partial charge in [0.2, 0.25) is 0 Å². The minimum absolute atomic E-state index is 0.146. The minimum atomic E-state index is 0.146. The highest BCUT2D eigenvalue weighted by Gasteiger charge is 2.28. The van der Waals surface area contributed by atoms with Gasteiger partial charge in [0.25, 0.3) is 0 Å². The van der Waals surface area contributed by atoms with E-state index in [0.29, 0.717) is 0 Å². The summed E-state index contributed by atoms with van der Waals surface area (Å²) in [4.78, 5) is 0. The van der Waals surface area contributed by atoms with Crippen LogP contribution in [0.25, 0.3) is 0 Å². The molecule has 0 aromatic carbocycles. The van der Waals surface area contributed by atoms with Crippen LogP contribution in [0.15, 0.2) is 35.8 Å². The lowest BCUT2D eigenvalue weighted by Gasteiger charge is -2.29. The van der Waals surface area contributed by atoms with Crippen LogP contribution in [0.4, 0.5) is 0 Å². The number of hydrogen-bond donors (Lipinski definition) is 0. The highest BCUT2D eigenvalue weighted by molar-refractivity contribution is 8.00. The quantitative estimate of drug-likeness (QED) is 0.781. The summed E-state index contributed by atoms with van der Waals surface area (Å²) in [6.45, 7) is 2.39. The van der Waals surface area contributed by atoms with E-state index in [-0.39, 0.29) is 11.4 Å². The van der Waals surface area contributed by atoms with Gasteiger partial charge in [-0.15, -0.1) is 11.8 Å². The number of rotatable bonds is 2. The zero-order chi connectivity index (χ0) is 12.9. The second-order valence-corrected chi connectivity index (χ2v) is 6.95. The summed E-state index contributed by atoms with van der Waals surface area (Å²) < 4.78 is 17.3. The molecule has 0 bridgehead atoms. The van der Waals surface area contributed by atoms with Crippen LogP contribution in [0.1, 0.15) is 0 Å². The van der Waals surface area contributed by atoms with E-state index in [0.717, 1.165) is 42.8 Å². The summed E-state index contributed by atoms with van der Waals surface area (Å²) >= 11 is 3.85. The number of hydrogen-bond acceptors (Lipinski definition) is 5. The second-order valence-electron chi connectivity index (χ2n) is 4.49. The summed E-state index contributed by atoms with van der Waals surface area (Å²) in [5.74, 6) is 4.13.